The number of aromatic nitrogens is 1. The first-order valence-corrected chi connectivity index (χ1v) is 9.37. The quantitative estimate of drug-likeness (QED) is 0.413. The summed E-state index contributed by atoms with van der Waals surface area (Å²) in [5.41, 5.74) is 3.59. The number of benzene rings is 2. The van der Waals surface area contributed by atoms with Crippen molar-refractivity contribution in [3.8, 4) is 11.3 Å². The number of carbonyl (C=O) groups is 1. The number of aryl methyl sites for hydroxylation is 1. The summed E-state index contributed by atoms with van der Waals surface area (Å²) >= 11 is 3.45. The third kappa shape index (κ3) is 4.43. The van der Waals surface area contributed by atoms with E-state index in [1.54, 1.807) is 32.2 Å². The predicted molar refractivity (Wildman–Crippen MR) is 111 cm³/mol. The third-order valence-electron chi connectivity index (χ3n) is 4.32. The van der Waals surface area contributed by atoms with Gasteiger partial charge in [0.2, 0.25) is 0 Å². The predicted octanol–water partition coefficient (Wildman–Crippen LogP) is 5.00. The summed E-state index contributed by atoms with van der Waals surface area (Å²) in [6.45, 7) is 2.07. The molecule has 0 spiro atoms. The lowest BCUT2D eigenvalue weighted by Crippen LogP contribution is -2.27. The van der Waals surface area contributed by atoms with Gasteiger partial charge in [0.05, 0.1) is 21.9 Å². The minimum Gasteiger partial charge on any atom is -0.337 e. The van der Waals surface area contributed by atoms with Crippen LogP contribution < -0.4 is 0 Å². The monoisotopic (exact) mass is 439 g/mol. The van der Waals surface area contributed by atoms with E-state index >= 15 is 0 Å². The molecule has 28 heavy (non-hydrogen) atoms. The van der Waals surface area contributed by atoms with Gasteiger partial charge in [-0.05, 0) is 36.8 Å². The highest BCUT2D eigenvalue weighted by Gasteiger charge is 2.17. The number of nitro benzene ring substituents is 1. The molecular weight excluding hydrogens is 422 g/mol. The van der Waals surface area contributed by atoms with Crippen LogP contribution in [0.5, 0.6) is 0 Å². The van der Waals surface area contributed by atoms with Crippen LogP contribution in [-0.2, 0) is 6.54 Å². The Kier molecular flexibility index (Phi) is 5.84. The summed E-state index contributed by atoms with van der Waals surface area (Å²) in [6.07, 6.45) is 0. The van der Waals surface area contributed by atoms with Crippen LogP contribution in [-0.4, -0.2) is 27.8 Å². The van der Waals surface area contributed by atoms with Crippen LogP contribution in [0.25, 0.3) is 11.3 Å². The van der Waals surface area contributed by atoms with Gasteiger partial charge in [-0.15, -0.1) is 0 Å². The van der Waals surface area contributed by atoms with Gasteiger partial charge in [0.25, 0.3) is 11.6 Å². The Labute approximate surface area is 171 Å². The summed E-state index contributed by atoms with van der Waals surface area (Å²) in [5.74, 6) is -0.183. The molecule has 0 aliphatic heterocycles. The summed E-state index contributed by atoms with van der Waals surface area (Å²) in [6, 6.07) is 17.7. The first kappa shape index (κ1) is 19.7. The van der Waals surface area contributed by atoms with Gasteiger partial charge >= 0.3 is 0 Å². The molecule has 0 atom stereocenters. The van der Waals surface area contributed by atoms with Crippen molar-refractivity contribution in [2.24, 2.45) is 0 Å². The Morgan fingerprint density at radius 2 is 1.89 bits per heavy atom. The van der Waals surface area contributed by atoms with Crippen molar-refractivity contribution in [1.29, 1.82) is 0 Å². The Balaban J connectivity index is 1.80. The number of carbonyl (C=O) groups excluding carboxylic acids is 1. The van der Waals surface area contributed by atoms with Crippen LogP contribution in [0.15, 0.2) is 65.1 Å². The number of hydrogen-bond donors (Lipinski definition) is 0. The second-order valence-corrected chi connectivity index (χ2v) is 7.34. The van der Waals surface area contributed by atoms with Crippen molar-refractivity contribution >= 4 is 27.5 Å². The lowest BCUT2D eigenvalue weighted by Gasteiger charge is -2.18. The van der Waals surface area contributed by atoms with E-state index in [4.69, 9.17) is 0 Å². The highest BCUT2D eigenvalue weighted by atomic mass is 79.9. The number of halogens is 1. The van der Waals surface area contributed by atoms with E-state index in [-0.39, 0.29) is 18.1 Å². The average molecular weight is 440 g/mol. The number of rotatable bonds is 5. The van der Waals surface area contributed by atoms with Gasteiger partial charge in [-0.1, -0.05) is 40.2 Å². The van der Waals surface area contributed by atoms with Gasteiger partial charge in [-0.3, -0.25) is 19.9 Å². The summed E-state index contributed by atoms with van der Waals surface area (Å²) in [5, 5.41) is 10.9. The van der Waals surface area contributed by atoms with Crippen molar-refractivity contribution in [3.63, 3.8) is 0 Å². The minimum absolute atomic E-state index is 0.00886. The third-order valence-corrected chi connectivity index (χ3v) is 4.82. The molecule has 0 saturated heterocycles. The van der Waals surface area contributed by atoms with Crippen molar-refractivity contribution in [2.75, 3.05) is 7.05 Å². The summed E-state index contributed by atoms with van der Waals surface area (Å²) in [7, 11) is 1.67. The van der Waals surface area contributed by atoms with Crippen LogP contribution in [0, 0.1) is 17.0 Å². The first-order chi connectivity index (χ1) is 13.3. The maximum absolute atomic E-state index is 12.8. The second kappa shape index (κ2) is 8.31. The van der Waals surface area contributed by atoms with E-state index in [2.05, 4.69) is 20.9 Å². The van der Waals surface area contributed by atoms with Crippen molar-refractivity contribution in [2.45, 2.75) is 13.5 Å². The van der Waals surface area contributed by atoms with Crippen molar-refractivity contribution in [3.05, 3.63) is 92.1 Å². The molecule has 0 unspecified atom stereocenters. The Bertz CT molecular complexity index is 1050. The molecular formula is C21H18BrN3O3. The highest BCUT2D eigenvalue weighted by Crippen LogP contribution is 2.23. The molecule has 2 aromatic carbocycles. The fourth-order valence-electron chi connectivity index (χ4n) is 2.92. The summed E-state index contributed by atoms with van der Waals surface area (Å²) < 4.78 is 0.960. The number of amides is 1. The molecule has 1 amide bonds. The fourth-order valence-corrected chi connectivity index (χ4v) is 3.31. The molecule has 0 bridgehead atoms. The number of nitro groups is 1. The van der Waals surface area contributed by atoms with Crippen molar-refractivity contribution < 1.29 is 9.72 Å². The normalized spacial score (nSPS) is 10.5. The van der Waals surface area contributed by atoms with Gasteiger partial charge < -0.3 is 4.90 Å². The minimum atomic E-state index is -0.444. The number of non-ortho nitro benzene ring substituents is 1. The maximum atomic E-state index is 12.8. The Hall–Kier alpha value is -3.06. The molecule has 0 aliphatic carbocycles. The van der Waals surface area contributed by atoms with Crippen LogP contribution in [0.3, 0.4) is 0 Å². The first-order valence-electron chi connectivity index (χ1n) is 8.57. The molecule has 0 N–H and O–H groups in total. The van der Waals surface area contributed by atoms with E-state index in [1.807, 2.05) is 30.3 Å². The highest BCUT2D eigenvalue weighted by molar-refractivity contribution is 9.10. The zero-order valence-corrected chi connectivity index (χ0v) is 17.0. The standard InChI is InChI=1S/C21H18BrN3O3/c1-14-19(9-10-20(23-14)16-6-4-7-17(22)12-16)21(26)24(2)13-15-5-3-8-18(11-15)25(27)28/h3-12H,13H2,1-2H3. The maximum Gasteiger partial charge on any atom is 0.269 e. The molecule has 0 radical (unpaired) electrons. The second-order valence-electron chi connectivity index (χ2n) is 6.43. The fraction of sp³-hybridized carbons (Fsp3) is 0.143. The van der Waals surface area contributed by atoms with Crippen LogP contribution in [0.2, 0.25) is 0 Å². The van der Waals surface area contributed by atoms with E-state index in [0.29, 0.717) is 16.8 Å². The molecule has 3 aromatic rings. The van der Waals surface area contributed by atoms with E-state index in [1.165, 1.54) is 17.0 Å². The molecule has 6 nitrogen and oxygen atoms in total. The SMILES string of the molecule is Cc1nc(-c2cccc(Br)c2)ccc1C(=O)N(C)Cc1cccc([N+](=O)[O-])c1. The molecule has 0 fully saturated rings. The number of hydrogen-bond acceptors (Lipinski definition) is 4. The van der Waals surface area contributed by atoms with Crippen LogP contribution in [0.1, 0.15) is 21.6 Å². The topological polar surface area (TPSA) is 76.3 Å². The lowest BCUT2D eigenvalue weighted by atomic mass is 10.1. The van der Waals surface area contributed by atoms with E-state index in [9.17, 15) is 14.9 Å². The van der Waals surface area contributed by atoms with Crippen LogP contribution in [0.4, 0.5) is 5.69 Å². The lowest BCUT2D eigenvalue weighted by molar-refractivity contribution is -0.384. The zero-order valence-electron chi connectivity index (χ0n) is 15.4. The van der Waals surface area contributed by atoms with E-state index < -0.39 is 4.92 Å². The number of nitrogens with zero attached hydrogens (tertiary/aromatic N) is 3. The molecule has 3 rings (SSSR count). The van der Waals surface area contributed by atoms with Gasteiger partial charge in [-0.2, -0.15) is 0 Å². The Morgan fingerprint density at radius 3 is 2.57 bits per heavy atom. The van der Waals surface area contributed by atoms with Gasteiger partial charge in [0.1, 0.15) is 0 Å². The Morgan fingerprint density at radius 1 is 1.14 bits per heavy atom. The molecule has 142 valence electrons. The smallest absolute Gasteiger partial charge is 0.269 e. The van der Waals surface area contributed by atoms with Gasteiger partial charge in [0.15, 0.2) is 0 Å². The average Bonchev–Trinajstić information content (AvgIpc) is 2.67. The largest absolute Gasteiger partial charge is 0.337 e. The van der Waals surface area contributed by atoms with E-state index in [0.717, 1.165) is 15.7 Å². The van der Waals surface area contributed by atoms with Gasteiger partial charge in [-0.25, -0.2) is 0 Å². The van der Waals surface area contributed by atoms with Crippen LogP contribution >= 0.6 is 15.9 Å². The number of pyridine rings is 1. The molecule has 0 aliphatic rings. The molecule has 7 heteroatoms. The molecule has 1 aromatic heterocycles. The molecule has 0 saturated carbocycles. The molecule has 1 heterocycles. The van der Waals surface area contributed by atoms with Crippen molar-refractivity contribution in [1.82, 2.24) is 9.88 Å². The van der Waals surface area contributed by atoms with Gasteiger partial charge in [0, 0.05) is 35.8 Å². The summed E-state index contributed by atoms with van der Waals surface area (Å²) in [4.78, 5) is 29.4. The zero-order chi connectivity index (χ0) is 20.3.